The van der Waals surface area contributed by atoms with E-state index in [1.165, 1.54) is 19.3 Å². The van der Waals surface area contributed by atoms with E-state index in [2.05, 4.69) is 20.6 Å². The van der Waals surface area contributed by atoms with Gasteiger partial charge in [0.15, 0.2) is 6.10 Å². The average Bonchev–Trinajstić information content (AvgIpc) is 2.85. The number of nitrogens with zero attached hydrogens (tertiary/aromatic N) is 3. The largest absolute Gasteiger partial charge is 0.479 e. The van der Waals surface area contributed by atoms with Crippen LogP contribution in [0.4, 0.5) is 10.6 Å². The van der Waals surface area contributed by atoms with Gasteiger partial charge in [-0.15, -0.1) is 0 Å². The zero-order valence-corrected chi connectivity index (χ0v) is 22.4. The lowest BCUT2D eigenvalue weighted by atomic mass is 10.0. The average molecular weight is 530 g/mol. The first-order valence-electron chi connectivity index (χ1n) is 11.9. The molecule has 2 aromatic heterocycles. The zero-order chi connectivity index (χ0) is 27.2. The molecular weight excluding hydrogens is 498 g/mol. The van der Waals surface area contributed by atoms with E-state index in [0.717, 1.165) is 16.8 Å². The number of aromatic nitrogens is 2. The number of carbonyl (C=O) groups is 3. The SMILES string of the molecule is CNC(=O)[C@@H](C)Oc1cc(NC(=O)Cc2ccc(C3=CCN(C(=O)OC(C)(C)C)CC3)nc2)ncc1Cl. The van der Waals surface area contributed by atoms with Gasteiger partial charge < -0.3 is 25.0 Å². The molecule has 0 spiro atoms. The molecule has 198 valence electrons. The molecule has 10 nitrogen and oxygen atoms in total. The van der Waals surface area contributed by atoms with Gasteiger partial charge in [0, 0.05) is 32.4 Å². The van der Waals surface area contributed by atoms with Crippen LogP contribution in [0.15, 0.2) is 36.7 Å². The summed E-state index contributed by atoms with van der Waals surface area (Å²) in [4.78, 5) is 46.8. The monoisotopic (exact) mass is 529 g/mol. The fourth-order valence-corrected chi connectivity index (χ4v) is 3.66. The van der Waals surface area contributed by atoms with Crippen LogP contribution in [0.5, 0.6) is 5.75 Å². The summed E-state index contributed by atoms with van der Waals surface area (Å²) in [5.41, 5.74) is 2.04. The van der Waals surface area contributed by atoms with E-state index in [9.17, 15) is 14.4 Å². The molecule has 0 saturated carbocycles. The molecule has 1 aliphatic rings. The molecule has 0 bridgehead atoms. The summed E-state index contributed by atoms with van der Waals surface area (Å²) in [6, 6.07) is 5.18. The van der Waals surface area contributed by atoms with Crippen LogP contribution >= 0.6 is 11.6 Å². The van der Waals surface area contributed by atoms with Crippen LogP contribution in [-0.4, -0.2) is 64.6 Å². The van der Waals surface area contributed by atoms with Gasteiger partial charge in [0.2, 0.25) is 5.91 Å². The van der Waals surface area contributed by atoms with Gasteiger partial charge in [-0.25, -0.2) is 9.78 Å². The third-order valence-electron chi connectivity index (χ3n) is 5.39. The van der Waals surface area contributed by atoms with Gasteiger partial charge in [0.25, 0.3) is 5.91 Å². The summed E-state index contributed by atoms with van der Waals surface area (Å²) in [5, 5.41) is 5.42. The topological polar surface area (TPSA) is 123 Å². The van der Waals surface area contributed by atoms with E-state index in [0.29, 0.717) is 19.5 Å². The van der Waals surface area contributed by atoms with Crippen molar-refractivity contribution in [2.75, 3.05) is 25.5 Å². The molecular formula is C26H32ClN5O5. The van der Waals surface area contributed by atoms with Crippen LogP contribution < -0.4 is 15.4 Å². The van der Waals surface area contributed by atoms with Crippen LogP contribution in [0.3, 0.4) is 0 Å². The molecule has 0 aromatic carbocycles. The maximum Gasteiger partial charge on any atom is 0.410 e. The van der Waals surface area contributed by atoms with Crippen molar-refractivity contribution in [2.24, 2.45) is 0 Å². The lowest BCUT2D eigenvalue weighted by Gasteiger charge is -2.29. The first kappa shape index (κ1) is 27.9. The normalized spacial score (nSPS) is 14.3. The zero-order valence-electron chi connectivity index (χ0n) is 21.6. The summed E-state index contributed by atoms with van der Waals surface area (Å²) in [5.74, 6) is -0.113. The highest BCUT2D eigenvalue weighted by Crippen LogP contribution is 2.27. The van der Waals surface area contributed by atoms with Crippen molar-refractivity contribution in [3.05, 3.63) is 52.9 Å². The number of nitrogens with one attached hydrogen (secondary N) is 2. The van der Waals surface area contributed by atoms with E-state index in [1.807, 2.05) is 39.0 Å². The van der Waals surface area contributed by atoms with E-state index in [4.69, 9.17) is 21.1 Å². The van der Waals surface area contributed by atoms with Crippen LogP contribution in [0.2, 0.25) is 5.02 Å². The smallest absolute Gasteiger partial charge is 0.410 e. The van der Waals surface area contributed by atoms with Gasteiger partial charge in [0.05, 0.1) is 18.3 Å². The Kier molecular flexibility index (Phi) is 9.09. The molecule has 3 heterocycles. The molecule has 0 aliphatic carbocycles. The molecule has 0 saturated heterocycles. The van der Waals surface area contributed by atoms with Crippen molar-refractivity contribution in [3.8, 4) is 5.75 Å². The third kappa shape index (κ3) is 8.18. The highest BCUT2D eigenvalue weighted by atomic mass is 35.5. The predicted octanol–water partition coefficient (Wildman–Crippen LogP) is 3.85. The van der Waals surface area contributed by atoms with E-state index in [-0.39, 0.29) is 40.9 Å². The third-order valence-corrected chi connectivity index (χ3v) is 5.67. The molecule has 1 aliphatic heterocycles. The number of pyridine rings is 2. The molecule has 2 N–H and O–H groups in total. The molecule has 1 atom stereocenters. The second kappa shape index (κ2) is 12.1. The van der Waals surface area contributed by atoms with E-state index in [1.54, 1.807) is 18.0 Å². The van der Waals surface area contributed by atoms with Crippen molar-refractivity contribution >= 4 is 40.9 Å². The Morgan fingerprint density at radius 1 is 1.19 bits per heavy atom. The van der Waals surface area contributed by atoms with Gasteiger partial charge in [-0.3, -0.25) is 14.6 Å². The highest BCUT2D eigenvalue weighted by molar-refractivity contribution is 6.32. The number of hydrogen-bond acceptors (Lipinski definition) is 7. The molecule has 0 unspecified atom stereocenters. The second-order valence-electron chi connectivity index (χ2n) is 9.56. The number of ether oxygens (including phenoxy) is 2. The van der Waals surface area contributed by atoms with Crippen molar-refractivity contribution in [1.29, 1.82) is 0 Å². The molecule has 2 aromatic rings. The van der Waals surface area contributed by atoms with Gasteiger partial charge in [0.1, 0.15) is 22.2 Å². The predicted molar refractivity (Wildman–Crippen MR) is 140 cm³/mol. The minimum atomic E-state index is -0.766. The summed E-state index contributed by atoms with van der Waals surface area (Å²) in [7, 11) is 1.51. The number of likely N-dealkylation sites (N-methyl/N-ethyl adjacent to an activating group) is 1. The fraction of sp³-hybridized carbons (Fsp3) is 0.423. The lowest BCUT2D eigenvalue weighted by Crippen LogP contribution is -2.39. The summed E-state index contributed by atoms with van der Waals surface area (Å²) in [6.45, 7) is 8.12. The fourth-order valence-electron chi connectivity index (χ4n) is 3.51. The van der Waals surface area contributed by atoms with Gasteiger partial charge >= 0.3 is 6.09 Å². The molecule has 3 amide bonds. The molecule has 0 radical (unpaired) electrons. The van der Waals surface area contributed by atoms with Gasteiger partial charge in [-0.1, -0.05) is 23.7 Å². The Bertz CT molecular complexity index is 1180. The maximum absolute atomic E-state index is 12.6. The molecule has 11 heteroatoms. The Morgan fingerprint density at radius 2 is 1.95 bits per heavy atom. The van der Waals surface area contributed by atoms with Crippen molar-refractivity contribution in [3.63, 3.8) is 0 Å². The summed E-state index contributed by atoms with van der Waals surface area (Å²) < 4.78 is 11.0. The Hall–Kier alpha value is -3.66. The van der Waals surface area contributed by atoms with E-state index >= 15 is 0 Å². The van der Waals surface area contributed by atoms with Crippen molar-refractivity contribution < 1.29 is 23.9 Å². The first-order valence-corrected chi connectivity index (χ1v) is 12.3. The van der Waals surface area contributed by atoms with E-state index < -0.39 is 11.7 Å². The maximum atomic E-state index is 12.6. The Morgan fingerprint density at radius 3 is 2.54 bits per heavy atom. The van der Waals surface area contributed by atoms with Gasteiger partial charge in [-0.2, -0.15) is 0 Å². The molecule has 0 fully saturated rings. The van der Waals surface area contributed by atoms with Crippen molar-refractivity contribution in [1.82, 2.24) is 20.2 Å². The summed E-state index contributed by atoms with van der Waals surface area (Å²) in [6.07, 6.45) is 4.64. The van der Waals surface area contributed by atoms with Crippen LogP contribution in [0.1, 0.15) is 45.4 Å². The minimum Gasteiger partial charge on any atom is -0.479 e. The number of halogens is 1. The van der Waals surface area contributed by atoms with Crippen LogP contribution in [0.25, 0.3) is 5.57 Å². The highest BCUT2D eigenvalue weighted by Gasteiger charge is 2.24. The molecule has 3 rings (SSSR count). The van der Waals surface area contributed by atoms with Gasteiger partial charge in [-0.05, 0) is 51.3 Å². The Labute approximate surface area is 221 Å². The minimum absolute atomic E-state index is 0.0912. The number of anilines is 1. The van der Waals surface area contributed by atoms with Crippen LogP contribution in [0, 0.1) is 0 Å². The van der Waals surface area contributed by atoms with Crippen LogP contribution in [-0.2, 0) is 20.7 Å². The Balaban J connectivity index is 1.56. The lowest BCUT2D eigenvalue weighted by molar-refractivity contribution is -0.126. The number of hydrogen-bond donors (Lipinski definition) is 2. The number of amides is 3. The first-order chi connectivity index (χ1) is 17.4. The second-order valence-corrected chi connectivity index (χ2v) is 9.96. The summed E-state index contributed by atoms with van der Waals surface area (Å²) >= 11 is 6.11. The number of carbonyl (C=O) groups excluding carboxylic acids is 3. The standard InChI is InChI=1S/C26H32ClN5O5/c1-16(24(34)28-5)36-21-13-22(30-15-19(21)27)31-23(33)12-17-6-7-20(29-14-17)18-8-10-32(11-9-18)25(35)37-26(2,3)4/h6-8,13-16H,9-12H2,1-5H3,(H,28,34)(H,30,31,33)/t16-/m1/s1. The van der Waals surface area contributed by atoms with Crippen molar-refractivity contribution in [2.45, 2.75) is 52.2 Å². The number of rotatable bonds is 7. The quantitative estimate of drug-likeness (QED) is 0.558. The molecule has 37 heavy (non-hydrogen) atoms.